The zero-order valence-electron chi connectivity index (χ0n) is 17.0. The highest BCUT2D eigenvalue weighted by Crippen LogP contribution is 2.41. The molecule has 1 fully saturated rings. The van der Waals surface area contributed by atoms with E-state index in [0.717, 1.165) is 43.4 Å². The summed E-state index contributed by atoms with van der Waals surface area (Å²) in [5, 5.41) is 34.3. The Bertz CT molecular complexity index is 894. The van der Waals surface area contributed by atoms with Crippen LogP contribution < -0.4 is 5.32 Å². The molecule has 1 aromatic carbocycles. The lowest BCUT2D eigenvalue weighted by Crippen LogP contribution is -2.41. The first-order valence-corrected chi connectivity index (χ1v) is 9.65. The van der Waals surface area contributed by atoms with Gasteiger partial charge in [0.2, 0.25) is 0 Å². The molecule has 1 aliphatic heterocycles. The molecule has 1 aromatic heterocycles. The third kappa shape index (κ3) is 6.64. The summed E-state index contributed by atoms with van der Waals surface area (Å²) in [6.07, 6.45) is 4.55. The maximum atomic E-state index is 13.4. The fourth-order valence-corrected chi connectivity index (χ4v) is 3.49. The molecule has 8 nitrogen and oxygen atoms in total. The lowest BCUT2D eigenvalue weighted by Gasteiger charge is -2.37. The average molecular weight is 422 g/mol. The van der Waals surface area contributed by atoms with Crippen LogP contribution in [0.4, 0.5) is 4.39 Å². The molecule has 1 saturated heterocycles. The van der Waals surface area contributed by atoms with Crippen LogP contribution in [0.3, 0.4) is 0 Å². The molecule has 0 spiro atoms. The molecule has 0 atom stereocenters. The monoisotopic (exact) mass is 422 g/mol. The Morgan fingerprint density at radius 1 is 1.23 bits per heavy atom. The molecule has 0 saturated carbocycles. The number of fused-ring (bicyclic) bond motifs is 1. The molecule has 164 valence electrons. The summed E-state index contributed by atoms with van der Waals surface area (Å²) in [5.41, 5.74) is 0.585. The number of nitrogens with zero attached hydrogens (tertiary/aromatic N) is 1. The van der Waals surface area contributed by atoms with E-state index in [1.54, 1.807) is 6.07 Å². The second-order valence-corrected chi connectivity index (χ2v) is 8.02. The lowest BCUT2D eigenvalue weighted by atomic mass is 9.70. The first-order chi connectivity index (χ1) is 14.0. The third-order valence-electron chi connectivity index (χ3n) is 5.08. The number of rotatable bonds is 6. The first-order valence-electron chi connectivity index (χ1n) is 9.65. The van der Waals surface area contributed by atoms with E-state index >= 15 is 0 Å². The topological polar surface area (TPSA) is 133 Å². The van der Waals surface area contributed by atoms with Crippen molar-refractivity contribution in [3.8, 4) is 0 Å². The van der Waals surface area contributed by atoms with Gasteiger partial charge in [-0.3, -0.25) is 0 Å². The summed E-state index contributed by atoms with van der Waals surface area (Å²) in [6.45, 7) is 5.50. The smallest absolute Gasteiger partial charge is 0.328 e. The maximum absolute atomic E-state index is 13.4. The minimum atomic E-state index is -1.26. The zero-order chi connectivity index (χ0) is 22.4. The average Bonchev–Trinajstić information content (AvgIpc) is 3.09. The number of carbonyl (C=O) groups is 2. The minimum absolute atomic E-state index is 0.117. The van der Waals surface area contributed by atoms with Gasteiger partial charge in [-0.25, -0.2) is 14.0 Å². The van der Waals surface area contributed by atoms with Crippen LogP contribution >= 0.6 is 0 Å². The van der Waals surface area contributed by atoms with E-state index in [4.69, 9.17) is 14.7 Å². The molecule has 30 heavy (non-hydrogen) atoms. The third-order valence-corrected chi connectivity index (χ3v) is 5.08. The van der Waals surface area contributed by atoms with Crippen LogP contribution in [0.25, 0.3) is 11.0 Å². The Labute approximate surface area is 173 Å². The molecule has 4 N–H and O–H groups in total. The molecule has 2 aromatic rings. The number of halogens is 1. The Morgan fingerprint density at radius 2 is 1.83 bits per heavy atom. The highest BCUT2D eigenvalue weighted by Gasteiger charge is 2.39. The number of carboxylic acid groups (broad SMARTS) is 2. The molecule has 3 rings (SSSR count). The number of hydrogen-bond acceptors (Lipinski definition) is 6. The second-order valence-electron chi connectivity index (χ2n) is 8.02. The van der Waals surface area contributed by atoms with E-state index in [1.807, 2.05) is 13.8 Å². The van der Waals surface area contributed by atoms with Crippen molar-refractivity contribution in [1.29, 1.82) is 0 Å². The van der Waals surface area contributed by atoms with E-state index in [1.165, 1.54) is 12.1 Å². The Balaban J connectivity index is 0.000000343. The summed E-state index contributed by atoms with van der Waals surface area (Å²) < 4.78 is 18.7. The van der Waals surface area contributed by atoms with Gasteiger partial charge in [0.25, 0.3) is 0 Å². The van der Waals surface area contributed by atoms with Crippen molar-refractivity contribution in [2.24, 2.45) is 0 Å². The molecule has 0 aliphatic carbocycles. The highest BCUT2D eigenvalue weighted by atomic mass is 19.1. The van der Waals surface area contributed by atoms with Crippen LogP contribution in [0.2, 0.25) is 0 Å². The molecular weight excluding hydrogens is 395 g/mol. The summed E-state index contributed by atoms with van der Waals surface area (Å²) in [5.74, 6) is -2.83. The minimum Gasteiger partial charge on any atom is -0.478 e. The van der Waals surface area contributed by atoms with Crippen molar-refractivity contribution < 1.29 is 33.8 Å². The van der Waals surface area contributed by atoms with E-state index in [9.17, 15) is 19.1 Å². The number of aliphatic hydroxyl groups is 1. The van der Waals surface area contributed by atoms with E-state index in [2.05, 4.69) is 10.5 Å². The van der Waals surface area contributed by atoms with Gasteiger partial charge >= 0.3 is 11.9 Å². The van der Waals surface area contributed by atoms with Crippen LogP contribution in [-0.4, -0.2) is 51.1 Å². The van der Waals surface area contributed by atoms with E-state index < -0.39 is 17.5 Å². The molecule has 0 radical (unpaired) electrons. The fourth-order valence-electron chi connectivity index (χ4n) is 3.49. The van der Waals surface area contributed by atoms with Gasteiger partial charge in [-0.05, 0) is 64.8 Å². The van der Waals surface area contributed by atoms with Gasteiger partial charge < -0.3 is 25.2 Å². The largest absolute Gasteiger partial charge is 0.478 e. The normalized spacial score (nSPS) is 16.3. The van der Waals surface area contributed by atoms with Gasteiger partial charge in [0.15, 0.2) is 5.58 Å². The predicted molar refractivity (Wildman–Crippen MR) is 108 cm³/mol. The SMILES string of the molecule is CC(C)(O)CCC1(c2noc3cc(F)ccc23)CCNCC1.O=C(O)C=CC(=O)O. The molecule has 0 unspecified atom stereocenters. The highest BCUT2D eigenvalue weighted by molar-refractivity contribution is 5.89. The van der Waals surface area contributed by atoms with Crippen LogP contribution in [0.1, 0.15) is 45.2 Å². The number of benzene rings is 1. The van der Waals surface area contributed by atoms with Gasteiger partial charge in [-0.2, -0.15) is 0 Å². The van der Waals surface area contributed by atoms with Gasteiger partial charge in [-0.15, -0.1) is 0 Å². The summed E-state index contributed by atoms with van der Waals surface area (Å²) in [4.78, 5) is 19.1. The summed E-state index contributed by atoms with van der Waals surface area (Å²) in [7, 11) is 0. The molecule has 2 heterocycles. The van der Waals surface area contributed by atoms with Crippen molar-refractivity contribution >= 4 is 22.9 Å². The van der Waals surface area contributed by atoms with Gasteiger partial charge in [0, 0.05) is 29.0 Å². The Kier molecular flexibility index (Phi) is 7.69. The molecule has 1 aliphatic rings. The standard InChI is InChI=1S/C17H23FN2O2.C4H4O4/c1-16(2,21)5-6-17(7-9-19-10-8-17)15-13-4-3-12(18)11-14(13)22-20-15;5-3(6)1-2-4(7)8/h3-4,11,19,21H,5-10H2,1-2H3;1-2H,(H,5,6)(H,7,8). The van der Waals surface area contributed by atoms with Crippen molar-refractivity contribution in [3.63, 3.8) is 0 Å². The number of aliphatic carboxylic acids is 2. The van der Waals surface area contributed by atoms with Gasteiger partial charge in [0.05, 0.1) is 11.3 Å². The summed E-state index contributed by atoms with van der Waals surface area (Å²) >= 11 is 0. The van der Waals surface area contributed by atoms with Crippen molar-refractivity contribution in [2.75, 3.05) is 13.1 Å². The molecular formula is C21H27FN2O6. The number of piperidine rings is 1. The van der Waals surface area contributed by atoms with Gasteiger partial charge in [-0.1, -0.05) is 5.16 Å². The quantitative estimate of drug-likeness (QED) is 0.522. The second kappa shape index (κ2) is 9.82. The van der Waals surface area contributed by atoms with Crippen molar-refractivity contribution in [2.45, 2.75) is 50.5 Å². The number of hydrogen-bond donors (Lipinski definition) is 4. The lowest BCUT2D eigenvalue weighted by molar-refractivity contribution is -0.134. The number of carboxylic acids is 2. The van der Waals surface area contributed by atoms with Crippen molar-refractivity contribution in [1.82, 2.24) is 10.5 Å². The molecule has 0 amide bonds. The van der Waals surface area contributed by atoms with Crippen LogP contribution in [0.15, 0.2) is 34.9 Å². The predicted octanol–water partition coefficient (Wildman–Crippen LogP) is 2.85. The van der Waals surface area contributed by atoms with Crippen LogP contribution in [-0.2, 0) is 15.0 Å². The van der Waals surface area contributed by atoms with Crippen molar-refractivity contribution in [3.05, 3.63) is 41.9 Å². The Hall–Kier alpha value is -2.78. The van der Waals surface area contributed by atoms with Crippen LogP contribution in [0, 0.1) is 5.82 Å². The Morgan fingerprint density at radius 3 is 2.37 bits per heavy atom. The molecule has 0 bridgehead atoms. The van der Waals surface area contributed by atoms with E-state index in [0.29, 0.717) is 24.2 Å². The van der Waals surface area contributed by atoms with Gasteiger partial charge in [0.1, 0.15) is 5.82 Å². The number of nitrogens with one attached hydrogen (secondary N) is 1. The first kappa shape index (κ1) is 23.5. The zero-order valence-corrected chi connectivity index (χ0v) is 17.0. The molecule has 9 heteroatoms. The maximum Gasteiger partial charge on any atom is 0.328 e. The summed E-state index contributed by atoms with van der Waals surface area (Å²) in [6, 6.07) is 4.59. The fraction of sp³-hybridized carbons (Fsp3) is 0.476. The number of aromatic nitrogens is 1. The van der Waals surface area contributed by atoms with Crippen LogP contribution in [0.5, 0.6) is 0 Å². The van der Waals surface area contributed by atoms with E-state index in [-0.39, 0.29) is 11.2 Å².